The number of rotatable bonds is 5. The van der Waals surface area contributed by atoms with Crippen molar-refractivity contribution < 1.29 is 18.0 Å². The van der Waals surface area contributed by atoms with E-state index in [0.29, 0.717) is 10.6 Å². The van der Waals surface area contributed by atoms with Crippen molar-refractivity contribution in [2.24, 2.45) is 0 Å². The van der Waals surface area contributed by atoms with Gasteiger partial charge in [-0.3, -0.25) is 20.4 Å². The number of halogens is 1. The van der Waals surface area contributed by atoms with Gasteiger partial charge in [0.05, 0.1) is 12.2 Å². The van der Waals surface area contributed by atoms with E-state index in [2.05, 4.69) is 10.9 Å². The molecule has 0 saturated heterocycles. The zero-order valence-electron chi connectivity index (χ0n) is 13.5. The second-order valence-electron chi connectivity index (χ2n) is 5.58. The van der Waals surface area contributed by atoms with E-state index in [0.717, 1.165) is 11.8 Å². The molecule has 8 heteroatoms. The van der Waals surface area contributed by atoms with Crippen molar-refractivity contribution in [3.8, 4) is 0 Å². The van der Waals surface area contributed by atoms with Gasteiger partial charge in [-0.15, -0.1) is 0 Å². The van der Waals surface area contributed by atoms with E-state index >= 15 is 0 Å². The SMILES string of the molecule is CS(=O)(=O)Cc1cccc(C(=O)NNC(=O)Cc2ccc(Cl)cc2)c1. The highest BCUT2D eigenvalue weighted by atomic mass is 35.5. The van der Waals surface area contributed by atoms with Crippen LogP contribution in [-0.2, 0) is 26.8 Å². The maximum Gasteiger partial charge on any atom is 0.269 e. The fourth-order valence-electron chi connectivity index (χ4n) is 2.14. The molecule has 2 aromatic rings. The van der Waals surface area contributed by atoms with Crippen molar-refractivity contribution >= 4 is 33.3 Å². The standard InChI is InChI=1S/C17H17ClN2O4S/c1-25(23,24)11-13-3-2-4-14(9-13)17(22)20-19-16(21)10-12-5-7-15(18)8-6-12/h2-9H,10-11H2,1H3,(H,19,21)(H,20,22). The fourth-order valence-corrected chi connectivity index (χ4v) is 3.05. The van der Waals surface area contributed by atoms with Crippen LogP contribution in [0.4, 0.5) is 0 Å². The average Bonchev–Trinajstić information content (AvgIpc) is 2.53. The summed E-state index contributed by atoms with van der Waals surface area (Å²) in [5.41, 5.74) is 6.14. The van der Waals surface area contributed by atoms with Gasteiger partial charge in [0.2, 0.25) is 5.91 Å². The number of carbonyl (C=O) groups excluding carboxylic acids is 2. The van der Waals surface area contributed by atoms with Crippen molar-refractivity contribution in [3.05, 3.63) is 70.2 Å². The predicted molar refractivity (Wildman–Crippen MR) is 95.8 cm³/mol. The first kappa shape index (κ1) is 19.0. The number of hydrogen-bond donors (Lipinski definition) is 2. The number of hydrazine groups is 1. The van der Waals surface area contributed by atoms with Crippen molar-refractivity contribution in [1.82, 2.24) is 10.9 Å². The van der Waals surface area contributed by atoms with Gasteiger partial charge in [0.25, 0.3) is 5.91 Å². The van der Waals surface area contributed by atoms with Gasteiger partial charge in [0.1, 0.15) is 0 Å². The van der Waals surface area contributed by atoms with E-state index in [4.69, 9.17) is 11.6 Å². The van der Waals surface area contributed by atoms with Gasteiger partial charge in [-0.25, -0.2) is 8.42 Å². The van der Waals surface area contributed by atoms with Crippen molar-refractivity contribution in [3.63, 3.8) is 0 Å². The first-order valence-corrected chi connectivity index (χ1v) is 9.77. The van der Waals surface area contributed by atoms with Crippen LogP contribution in [0.1, 0.15) is 21.5 Å². The Kier molecular flexibility index (Phi) is 6.17. The molecule has 0 bridgehead atoms. The van der Waals surface area contributed by atoms with Gasteiger partial charge in [0, 0.05) is 16.8 Å². The van der Waals surface area contributed by atoms with Crippen LogP contribution in [0.25, 0.3) is 0 Å². The molecule has 2 rings (SSSR count). The summed E-state index contributed by atoms with van der Waals surface area (Å²) in [6, 6.07) is 13.0. The van der Waals surface area contributed by atoms with E-state index in [-0.39, 0.29) is 23.6 Å². The summed E-state index contributed by atoms with van der Waals surface area (Å²) in [6.07, 6.45) is 1.21. The highest BCUT2D eigenvalue weighted by Crippen LogP contribution is 2.10. The van der Waals surface area contributed by atoms with Gasteiger partial charge in [-0.2, -0.15) is 0 Å². The molecule has 2 amide bonds. The Morgan fingerprint density at radius 1 is 1.00 bits per heavy atom. The number of carbonyl (C=O) groups is 2. The smallest absolute Gasteiger partial charge is 0.269 e. The van der Waals surface area contributed by atoms with Crippen LogP contribution in [0, 0.1) is 0 Å². The topological polar surface area (TPSA) is 92.3 Å². The first-order chi connectivity index (χ1) is 11.7. The third-order valence-electron chi connectivity index (χ3n) is 3.21. The molecule has 25 heavy (non-hydrogen) atoms. The largest absolute Gasteiger partial charge is 0.273 e. The number of sulfone groups is 1. The summed E-state index contributed by atoms with van der Waals surface area (Å²) in [7, 11) is -3.19. The second-order valence-corrected chi connectivity index (χ2v) is 8.15. The molecule has 6 nitrogen and oxygen atoms in total. The maximum atomic E-state index is 12.1. The number of amides is 2. The van der Waals surface area contributed by atoms with E-state index in [1.165, 1.54) is 12.1 Å². The van der Waals surface area contributed by atoms with Crippen molar-refractivity contribution in [2.45, 2.75) is 12.2 Å². The number of hydrogen-bond acceptors (Lipinski definition) is 4. The summed E-state index contributed by atoms with van der Waals surface area (Å²) in [5, 5.41) is 0.575. The van der Waals surface area contributed by atoms with Gasteiger partial charge < -0.3 is 0 Å². The molecule has 0 aliphatic carbocycles. The lowest BCUT2D eigenvalue weighted by molar-refractivity contribution is -0.121. The second kappa shape index (κ2) is 8.13. The van der Waals surface area contributed by atoms with Gasteiger partial charge in [-0.05, 0) is 35.4 Å². The minimum absolute atomic E-state index is 0.0889. The van der Waals surface area contributed by atoms with E-state index < -0.39 is 15.7 Å². The summed E-state index contributed by atoms with van der Waals surface area (Å²) < 4.78 is 22.7. The molecule has 2 N–H and O–H groups in total. The van der Waals surface area contributed by atoms with Crippen LogP contribution >= 0.6 is 11.6 Å². The van der Waals surface area contributed by atoms with Crippen LogP contribution < -0.4 is 10.9 Å². The van der Waals surface area contributed by atoms with Crippen molar-refractivity contribution in [1.29, 1.82) is 0 Å². The Labute approximate surface area is 151 Å². The average molecular weight is 381 g/mol. The first-order valence-electron chi connectivity index (χ1n) is 7.33. The molecule has 0 atom stereocenters. The van der Waals surface area contributed by atoms with E-state index in [1.807, 2.05) is 0 Å². The third-order valence-corrected chi connectivity index (χ3v) is 4.32. The van der Waals surface area contributed by atoms with Gasteiger partial charge in [-0.1, -0.05) is 35.9 Å². The molecule has 0 radical (unpaired) electrons. The molecule has 0 aromatic heterocycles. The van der Waals surface area contributed by atoms with E-state index in [9.17, 15) is 18.0 Å². The summed E-state index contributed by atoms with van der Waals surface area (Å²) >= 11 is 5.78. The predicted octanol–water partition coefficient (Wildman–Crippen LogP) is 1.89. The number of benzene rings is 2. The molecular weight excluding hydrogens is 364 g/mol. The number of nitrogens with one attached hydrogen (secondary N) is 2. The minimum Gasteiger partial charge on any atom is -0.273 e. The summed E-state index contributed by atoms with van der Waals surface area (Å²) in [5.74, 6) is -1.07. The lowest BCUT2D eigenvalue weighted by Crippen LogP contribution is -2.42. The maximum absolute atomic E-state index is 12.1. The molecule has 0 aliphatic rings. The Morgan fingerprint density at radius 2 is 1.68 bits per heavy atom. The Balaban J connectivity index is 1.92. The third kappa shape index (κ3) is 6.56. The molecule has 0 unspecified atom stereocenters. The van der Waals surface area contributed by atoms with Crippen LogP contribution in [0.3, 0.4) is 0 Å². The molecule has 0 spiro atoms. The Morgan fingerprint density at radius 3 is 2.32 bits per heavy atom. The van der Waals surface area contributed by atoms with Crippen LogP contribution in [0.15, 0.2) is 48.5 Å². The molecule has 0 aliphatic heterocycles. The normalized spacial score (nSPS) is 11.0. The highest BCUT2D eigenvalue weighted by Gasteiger charge is 2.10. The molecule has 0 fully saturated rings. The zero-order valence-corrected chi connectivity index (χ0v) is 15.0. The Bertz CT molecular complexity index is 880. The van der Waals surface area contributed by atoms with Gasteiger partial charge in [0.15, 0.2) is 9.84 Å². The minimum atomic E-state index is -3.19. The Hall–Kier alpha value is -2.38. The molecule has 2 aromatic carbocycles. The van der Waals surface area contributed by atoms with E-state index in [1.54, 1.807) is 36.4 Å². The monoisotopic (exact) mass is 380 g/mol. The fraction of sp³-hybridized carbons (Fsp3) is 0.176. The highest BCUT2D eigenvalue weighted by molar-refractivity contribution is 7.89. The summed E-state index contributed by atoms with van der Waals surface area (Å²) in [6.45, 7) is 0. The molecular formula is C17H17ClN2O4S. The summed E-state index contributed by atoms with van der Waals surface area (Å²) in [4.78, 5) is 23.9. The van der Waals surface area contributed by atoms with Crippen LogP contribution in [0.5, 0.6) is 0 Å². The van der Waals surface area contributed by atoms with Gasteiger partial charge >= 0.3 is 0 Å². The lowest BCUT2D eigenvalue weighted by atomic mass is 10.1. The zero-order chi connectivity index (χ0) is 18.4. The van der Waals surface area contributed by atoms with Crippen molar-refractivity contribution in [2.75, 3.05) is 6.26 Å². The molecule has 0 heterocycles. The van der Waals surface area contributed by atoms with Crippen LogP contribution in [-0.4, -0.2) is 26.5 Å². The van der Waals surface area contributed by atoms with Crippen LogP contribution in [0.2, 0.25) is 5.02 Å². The quantitative estimate of drug-likeness (QED) is 0.775. The molecule has 132 valence electrons. The molecule has 0 saturated carbocycles. The lowest BCUT2D eigenvalue weighted by Gasteiger charge is -2.08.